The molecule has 2 unspecified atom stereocenters. The second-order valence-corrected chi connectivity index (χ2v) is 6.81. The Balaban J connectivity index is 1.52. The highest BCUT2D eigenvalue weighted by Crippen LogP contribution is 2.31. The smallest absolute Gasteiger partial charge is 0.228 e. The minimum absolute atomic E-state index is 0.0625. The summed E-state index contributed by atoms with van der Waals surface area (Å²) in [6, 6.07) is 3.93. The van der Waals surface area contributed by atoms with E-state index in [0.717, 1.165) is 36.1 Å². The van der Waals surface area contributed by atoms with Gasteiger partial charge in [-0.3, -0.25) is 14.7 Å². The van der Waals surface area contributed by atoms with E-state index in [1.807, 2.05) is 17.0 Å². The van der Waals surface area contributed by atoms with Gasteiger partial charge in [-0.25, -0.2) is 4.98 Å². The molecule has 1 N–H and O–H groups in total. The fraction of sp³-hybridized carbons (Fsp3) is 0.529. The van der Waals surface area contributed by atoms with Gasteiger partial charge in [0, 0.05) is 56.3 Å². The number of likely N-dealkylation sites (tertiary alicyclic amines) is 2. The number of hydrogen-bond donors (Lipinski definition) is 1. The van der Waals surface area contributed by atoms with E-state index >= 15 is 0 Å². The number of hydrogen-bond acceptors (Lipinski definition) is 4. The van der Waals surface area contributed by atoms with Gasteiger partial charge in [-0.05, 0) is 25.0 Å². The van der Waals surface area contributed by atoms with Gasteiger partial charge in [0.15, 0.2) is 5.65 Å². The predicted octanol–water partition coefficient (Wildman–Crippen LogP) is 1.14. The molecule has 2 amide bonds. The van der Waals surface area contributed by atoms with Crippen molar-refractivity contribution in [1.82, 2.24) is 25.0 Å². The Kier molecular flexibility index (Phi) is 3.70. The molecule has 7 nitrogen and oxygen atoms in total. The van der Waals surface area contributed by atoms with Crippen LogP contribution in [0.2, 0.25) is 0 Å². The van der Waals surface area contributed by atoms with Crippen LogP contribution in [0.15, 0.2) is 18.3 Å². The monoisotopic (exact) mass is 327 g/mol. The highest BCUT2D eigenvalue weighted by atomic mass is 16.2. The number of rotatable bonds is 2. The molecule has 126 valence electrons. The second-order valence-electron chi connectivity index (χ2n) is 6.81. The number of piperidine rings is 1. The first kappa shape index (κ1) is 15.1. The van der Waals surface area contributed by atoms with Gasteiger partial charge in [0.2, 0.25) is 11.8 Å². The third kappa shape index (κ3) is 2.53. The van der Waals surface area contributed by atoms with Gasteiger partial charge >= 0.3 is 0 Å². The molecule has 2 aliphatic heterocycles. The standard InChI is InChI=1S/C17H21N5O2/c1-21-9-12(8-14(21)23)17(24)22-7-3-4-11(10-22)15-13-5-2-6-18-16(13)20-19-15/h2,5-6,11-12H,3-4,7-10H2,1H3,(H,18,19,20). The zero-order valence-electron chi connectivity index (χ0n) is 13.7. The summed E-state index contributed by atoms with van der Waals surface area (Å²) in [5.74, 6) is 0.222. The summed E-state index contributed by atoms with van der Waals surface area (Å²) in [6.45, 7) is 1.99. The van der Waals surface area contributed by atoms with Crippen molar-refractivity contribution in [3.8, 4) is 0 Å². The Morgan fingerprint density at radius 1 is 1.38 bits per heavy atom. The van der Waals surface area contributed by atoms with Gasteiger partial charge < -0.3 is 9.80 Å². The molecule has 2 aliphatic rings. The SMILES string of the molecule is CN1CC(C(=O)N2CCCC(c3[nH]nc4ncccc34)C2)CC1=O. The zero-order valence-corrected chi connectivity index (χ0v) is 13.7. The van der Waals surface area contributed by atoms with Crippen LogP contribution in [0, 0.1) is 5.92 Å². The van der Waals surface area contributed by atoms with E-state index in [0.29, 0.717) is 19.5 Å². The molecule has 7 heteroatoms. The first-order valence-corrected chi connectivity index (χ1v) is 8.45. The highest BCUT2D eigenvalue weighted by molar-refractivity contribution is 5.89. The molecule has 0 radical (unpaired) electrons. The van der Waals surface area contributed by atoms with Crippen LogP contribution in [0.1, 0.15) is 30.9 Å². The summed E-state index contributed by atoms with van der Waals surface area (Å²) in [4.78, 5) is 32.3. The maximum absolute atomic E-state index is 12.8. The fourth-order valence-corrected chi connectivity index (χ4v) is 3.88. The summed E-state index contributed by atoms with van der Waals surface area (Å²) >= 11 is 0. The number of amides is 2. The topological polar surface area (TPSA) is 82.2 Å². The first-order chi connectivity index (χ1) is 11.6. The lowest BCUT2D eigenvalue weighted by atomic mass is 9.92. The van der Waals surface area contributed by atoms with Crippen LogP contribution in [0.4, 0.5) is 0 Å². The molecule has 0 aromatic carbocycles. The Morgan fingerprint density at radius 2 is 2.25 bits per heavy atom. The highest BCUT2D eigenvalue weighted by Gasteiger charge is 2.36. The Morgan fingerprint density at radius 3 is 3.04 bits per heavy atom. The Hall–Kier alpha value is -2.44. The zero-order chi connectivity index (χ0) is 16.7. The van der Waals surface area contributed by atoms with Gasteiger partial charge in [-0.15, -0.1) is 0 Å². The quantitative estimate of drug-likeness (QED) is 0.897. The lowest BCUT2D eigenvalue weighted by Crippen LogP contribution is -2.43. The van der Waals surface area contributed by atoms with E-state index in [9.17, 15) is 9.59 Å². The largest absolute Gasteiger partial charge is 0.345 e. The van der Waals surface area contributed by atoms with Gasteiger partial charge in [-0.1, -0.05) is 0 Å². The number of aromatic nitrogens is 3. The number of nitrogens with zero attached hydrogens (tertiary/aromatic N) is 4. The van der Waals surface area contributed by atoms with Crippen LogP contribution in [-0.2, 0) is 9.59 Å². The molecule has 2 atom stereocenters. The average Bonchev–Trinajstić information content (AvgIpc) is 3.18. The number of aromatic amines is 1. The molecular weight excluding hydrogens is 306 g/mol. The third-order valence-corrected chi connectivity index (χ3v) is 5.19. The fourth-order valence-electron chi connectivity index (χ4n) is 3.88. The van der Waals surface area contributed by atoms with Crippen molar-refractivity contribution in [3.63, 3.8) is 0 Å². The Bertz CT molecular complexity index is 786. The van der Waals surface area contributed by atoms with E-state index in [1.165, 1.54) is 0 Å². The number of carbonyl (C=O) groups is 2. The average molecular weight is 327 g/mol. The second kappa shape index (κ2) is 5.89. The lowest BCUT2D eigenvalue weighted by molar-refractivity contribution is -0.137. The van der Waals surface area contributed by atoms with Crippen LogP contribution in [0.25, 0.3) is 11.0 Å². The van der Waals surface area contributed by atoms with Crippen LogP contribution >= 0.6 is 0 Å². The molecule has 0 saturated carbocycles. The summed E-state index contributed by atoms with van der Waals surface area (Å²) < 4.78 is 0. The van der Waals surface area contributed by atoms with Crippen LogP contribution in [0.3, 0.4) is 0 Å². The van der Waals surface area contributed by atoms with Crippen LogP contribution < -0.4 is 0 Å². The van der Waals surface area contributed by atoms with Crippen molar-refractivity contribution in [2.75, 3.05) is 26.7 Å². The van der Waals surface area contributed by atoms with E-state index in [4.69, 9.17) is 0 Å². The number of pyridine rings is 1. The maximum atomic E-state index is 12.8. The molecule has 2 fully saturated rings. The van der Waals surface area contributed by atoms with Gasteiger partial charge in [0.05, 0.1) is 5.92 Å². The van der Waals surface area contributed by atoms with E-state index in [2.05, 4.69) is 15.2 Å². The minimum Gasteiger partial charge on any atom is -0.345 e. The number of carbonyl (C=O) groups excluding carboxylic acids is 2. The van der Waals surface area contributed by atoms with E-state index < -0.39 is 0 Å². The van der Waals surface area contributed by atoms with Crippen molar-refractivity contribution in [3.05, 3.63) is 24.0 Å². The molecule has 0 aliphatic carbocycles. The van der Waals surface area contributed by atoms with Crippen LogP contribution in [-0.4, -0.2) is 63.5 Å². The van der Waals surface area contributed by atoms with Crippen molar-refractivity contribution >= 4 is 22.8 Å². The molecule has 4 heterocycles. The van der Waals surface area contributed by atoms with Gasteiger partial charge in [0.1, 0.15) is 0 Å². The first-order valence-electron chi connectivity index (χ1n) is 8.45. The van der Waals surface area contributed by atoms with Gasteiger partial charge in [0.25, 0.3) is 0 Å². The molecule has 2 aromatic rings. The van der Waals surface area contributed by atoms with Crippen molar-refractivity contribution < 1.29 is 9.59 Å². The third-order valence-electron chi connectivity index (χ3n) is 5.19. The summed E-state index contributed by atoms with van der Waals surface area (Å²) in [5.41, 5.74) is 1.79. The van der Waals surface area contributed by atoms with E-state index in [1.54, 1.807) is 18.1 Å². The maximum Gasteiger partial charge on any atom is 0.228 e. The molecule has 4 rings (SSSR count). The van der Waals surface area contributed by atoms with Crippen molar-refractivity contribution in [2.24, 2.45) is 5.92 Å². The van der Waals surface area contributed by atoms with Crippen LogP contribution in [0.5, 0.6) is 0 Å². The molecule has 0 bridgehead atoms. The van der Waals surface area contributed by atoms with Crippen molar-refractivity contribution in [1.29, 1.82) is 0 Å². The predicted molar refractivity (Wildman–Crippen MR) is 88.2 cm³/mol. The number of H-pyrrole nitrogens is 1. The molecular formula is C17H21N5O2. The van der Waals surface area contributed by atoms with Gasteiger partial charge in [-0.2, -0.15) is 5.10 Å². The minimum atomic E-state index is -0.193. The summed E-state index contributed by atoms with van der Waals surface area (Å²) in [5, 5.41) is 8.42. The Labute approximate surface area is 140 Å². The molecule has 2 aromatic heterocycles. The normalized spacial score (nSPS) is 24.8. The summed E-state index contributed by atoms with van der Waals surface area (Å²) in [7, 11) is 1.76. The van der Waals surface area contributed by atoms with E-state index in [-0.39, 0.29) is 23.7 Å². The number of nitrogens with one attached hydrogen (secondary N) is 1. The molecule has 24 heavy (non-hydrogen) atoms. The molecule has 2 saturated heterocycles. The summed E-state index contributed by atoms with van der Waals surface area (Å²) in [6.07, 6.45) is 4.07. The van der Waals surface area contributed by atoms with Crippen molar-refractivity contribution in [2.45, 2.75) is 25.2 Å². The number of fused-ring (bicyclic) bond motifs is 1. The molecule has 0 spiro atoms. The lowest BCUT2D eigenvalue weighted by Gasteiger charge is -2.33.